The summed E-state index contributed by atoms with van der Waals surface area (Å²) in [5, 5.41) is 2.85. The Bertz CT molecular complexity index is 771. The molecule has 0 radical (unpaired) electrons. The maximum atomic E-state index is 11.3. The van der Waals surface area contributed by atoms with Gasteiger partial charge in [0.15, 0.2) is 0 Å². The molecule has 1 amide bonds. The lowest BCUT2D eigenvalue weighted by Gasteiger charge is -2.26. The van der Waals surface area contributed by atoms with Crippen LogP contribution in [0.1, 0.15) is 54.3 Å². The number of aromatic nitrogens is 4. The summed E-state index contributed by atoms with van der Waals surface area (Å²) in [6.45, 7) is 8.71. The number of aryl methyl sites for hydroxylation is 3. The molecule has 1 N–H and O–H groups in total. The summed E-state index contributed by atoms with van der Waals surface area (Å²) in [5.74, 6) is 1.42. The number of hydrogen-bond donors (Lipinski definition) is 1. The highest BCUT2D eigenvalue weighted by atomic mass is 16.1. The Morgan fingerprint density at radius 3 is 2.64 bits per heavy atom. The van der Waals surface area contributed by atoms with E-state index in [1.54, 1.807) is 0 Å². The summed E-state index contributed by atoms with van der Waals surface area (Å²) in [4.78, 5) is 31.8. The first-order chi connectivity index (χ1) is 11.9. The predicted octanol–water partition coefficient (Wildman–Crippen LogP) is 2.17. The van der Waals surface area contributed by atoms with Crippen molar-refractivity contribution in [2.24, 2.45) is 0 Å². The van der Waals surface area contributed by atoms with Crippen molar-refractivity contribution in [3.8, 4) is 0 Å². The van der Waals surface area contributed by atoms with Gasteiger partial charge in [0.1, 0.15) is 5.82 Å². The average Bonchev–Trinajstić information content (AvgIpc) is 3.02. The molecule has 132 valence electrons. The van der Waals surface area contributed by atoms with Crippen LogP contribution in [0.3, 0.4) is 0 Å². The summed E-state index contributed by atoms with van der Waals surface area (Å²) in [6, 6.07) is 2.08. The van der Waals surface area contributed by atoms with E-state index < -0.39 is 0 Å². The van der Waals surface area contributed by atoms with Crippen LogP contribution in [0.15, 0.2) is 12.3 Å². The molecular weight excluding hydrogens is 316 g/mol. The summed E-state index contributed by atoms with van der Waals surface area (Å²) in [7, 11) is 0. The van der Waals surface area contributed by atoms with E-state index in [9.17, 15) is 4.79 Å². The van der Waals surface area contributed by atoms with Crippen LogP contribution in [0.5, 0.6) is 0 Å². The van der Waals surface area contributed by atoms with E-state index >= 15 is 0 Å². The van der Waals surface area contributed by atoms with E-state index in [1.165, 1.54) is 6.92 Å². The average molecular weight is 340 g/mol. The summed E-state index contributed by atoms with van der Waals surface area (Å²) in [6.07, 6.45) is 3.86. The van der Waals surface area contributed by atoms with Gasteiger partial charge in [-0.05, 0) is 39.7 Å². The van der Waals surface area contributed by atoms with Crippen molar-refractivity contribution in [2.45, 2.75) is 53.1 Å². The van der Waals surface area contributed by atoms with Crippen LogP contribution in [0.2, 0.25) is 0 Å². The van der Waals surface area contributed by atoms with Crippen molar-refractivity contribution in [3.63, 3.8) is 0 Å². The SMILES string of the molecule is CC(=O)NCc1cnc(C)nc1[C@@H]1CCCN1c1nc(C)cc(C)n1. The van der Waals surface area contributed by atoms with Crippen molar-refractivity contribution in [1.82, 2.24) is 25.3 Å². The van der Waals surface area contributed by atoms with Gasteiger partial charge < -0.3 is 10.2 Å². The maximum absolute atomic E-state index is 11.3. The first-order valence-corrected chi connectivity index (χ1v) is 8.60. The molecule has 7 heteroatoms. The van der Waals surface area contributed by atoms with Gasteiger partial charge in [-0.1, -0.05) is 0 Å². The van der Waals surface area contributed by atoms with Gasteiger partial charge in [0.25, 0.3) is 0 Å². The molecule has 7 nitrogen and oxygen atoms in total. The number of nitrogens with zero attached hydrogens (tertiary/aromatic N) is 5. The summed E-state index contributed by atoms with van der Waals surface area (Å²) < 4.78 is 0. The molecule has 1 atom stereocenters. The van der Waals surface area contributed by atoms with Gasteiger partial charge in [0, 0.05) is 43.2 Å². The Labute approximate surface area is 147 Å². The van der Waals surface area contributed by atoms with Gasteiger partial charge in [-0.2, -0.15) is 0 Å². The first kappa shape index (κ1) is 17.3. The molecule has 0 spiro atoms. The lowest BCUT2D eigenvalue weighted by atomic mass is 10.1. The van der Waals surface area contributed by atoms with Crippen molar-refractivity contribution in [3.05, 3.63) is 40.7 Å². The fourth-order valence-corrected chi connectivity index (χ4v) is 3.28. The second-order valence-electron chi connectivity index (χ2n) is 6.54. The fraction of sp³-hybridized carbons (Fsp3) is 0.500. The van der Waals surface area contributed by atoms with E-state index in [4.69, 9.17) is 4.98 Å². The standard InChI is InChI=1S/C18H24N6O/c1-11-8-12(2)22-18(21-11)24-7-5-6-16(24)17-15(10-20-14(4)25)9-19-13(3)23-17/h8-9,16H,5-7,10H2,1-4H3,(H,20,25)/t16-/m0/s1. The lowest BCUT2D eigenvalue weighted by molar-refractivity contribution is -0.119. The van der Waals surface area contributed by atoms with E-state index in [-0.39, 0.29) is 11.9 Å². The van der Waals surface area contributed by atoms with Gasteiger partial charge in [0.05, 0.1) is 11.7 Å². The highest BCUT2D eigenvalue weighted by Gasteiger charge is 2.31. The largest absolute Gasteiger partial charge is 0.352 e. The normalized spacial score (nSPS) is 17.0. The van der Waals surface area contributed by atoms with E-state index in [0.717, 1.165) is 53.8 Å². The molecule has 1 saturated heterocycles. The third kappa shape index (κ3) is 3.92. The third-order valence-corrected chi connectivity index (χ3v) is 4.34. The molecule has 1 aliphatic heterocycles. The van der Waals surface area contributed by atoms with Gasteiger partial charge in [-0.3, -0.25) is 4.79 Å². The van der Waals surface area contributed by atoms with Crippen molar-refractivity contribution in [2.75, 3.05) is 11.4 Å². The monoisotopic (exact) mass is 340 g/mol. The molecule has 3 heterocycles. The molecular formula is C18H24N6O. The second kappa shape index (κ2) is 7.13. The van der Waals surface area contributed by atoms with Crippen LogP contribution in [0.4, 0.5) is 5.95 Å². The van der Waals surface area contributed by atoms with Gasteiger partial charge in [-0.15, -0.1) is 0 Å². The van der Waals surface area contributed by atoms with Crippen LogP contribution in [-0.2, 0) is 11.3 Å². The molecule has 3 rings (SSSR count). The molecule has 0 saturated carbocycles. The minimum atomic E-state index is -0.0626. The number of rotatable bonds is 4. The van der Waals surface area contributed by atoms with Crippen molar-refractivity contribution < 1.29 is 4.79 Å². The zero-order valence-corrected chi connectivity index (χ0v) is 15.2. The Kier molecular flexibility index (Phi) is 4.92. The number of carbonyl (C=O) groups excluding carboxylic acids is 1. The van der Waals surface area contributed by atoms with Gasteiger partial charge in [-0.25, -0.2) is 19.9 Å². The topological polar surface area (TPSA) is 83.9 Å². The minimum absolute atomic E-state index is 0.0626. The zero-order chi connectivity index (χ0) is 18.0. The lowest BCUT2D eigenvalue weighted by Crippen LogP contribution is -2.28. The van der Waals surface area contributed by atoms with Crippen LogP contribution >= 0.6 is 0 Å². The van der Waals surface area contributed by atoms with Gasteiger partial charge in [0.2, 0.25) is 11.9 Å². The van der Waals surface area contributed by atoms with Crippen LogP contribution in [0.25, 0.3) is 0 Å². The highest BCUT2D eigenvalue weighted by molar-refractivity contribution is 5.72. The van der Waals surface area contributed by atoms with Crippen LogP contribution < -0.4 is 10.2 Å². The highest BCUT2D eigenvalue weighted by Crippen LogP contribution is 2.35. The number of nitrogens with one attached hydrogen (secondary N) is 1. The molecule has 25 heavy (non-hydrogen) atoms. The summed E-state index contributed by atoms with van der Waals surface area (Å²) >= 11 is 0. The number of carbonyl (C=O) groups is 1. The smallest absolute Gasteiger partial charge is 0.226 e. The van der Waals surface area contributed by atoms with Crippen molar-refractivity contribution >= 4 is 11.9 Å². The summed E-state index contributed by atoms with van der Waals surface area (Å²) in [5.41, 5.74) is 3.83. The molecule has 1 fully saturated rings. The molecule has 0 unspecified atom stereocenters. The minimum Gasteiger partial charge on any atom is -0.352 e. The maximum Gasteiger partial charge on any atom is 0.226 e. The zero-order valence-electron chi connectivity index (χ0n) is 15.2. The van der Waals surface area contributed by atoms with E-state index in [2.05, 4.69) is 25.2 Å². The molecule has 0 aliphatic carbocycles. The number of hydrogen-bond acceptors (Lipinski definition) is 6. The molecule has 0 aromatic carbocycles. The Morgan fingerprint density at radius 2 is 1.96 bits per heavy atom. The quantitative estimate of drug-likeness (QED) is 0.918. The molecule has 1 aliphatic rings. The van der Waals surface area contributed by atoms with Crippen LogP contribution in [-0.4, -0.2) is 32.4 Å². The Morgan fingerprint density at radius 1 is 1.24 bits per heavy atom. The second-order valence-corrected chi connectivity index (χ2v) is 6.54. The molecule has 0 bridgehead atoms. The Hall–Kier alpha value is -2.57. The molecule has 2 aromatic rings. The van der Waals surface area contributed by atoms with E-state index in [0.29, 0.717) is 6.54 Å². The number of anilines is 1. The third-order valence-electron chi connectivity index (χ3n) is 4.34. The van der Waals surface area contributed by atoms with E-state index in [1.807, 2.05) is 33.0 Å². The first-order valence-electron chi connectivity index (χ1n) is 8.60. The predicted molar refractivity (Wildman–Crippen MR) is 95.1 cm³/mol. The fourth-order valence-electron chi connectivity index (χ4n) is 3.28. The van der Waals surface area contributed by atoms with Crippen molar-refractivity contribution in [1.29, 1.82) is 0 Å². The van der Waals surface area contributed by atoms with Crippen LogP contribution in [0, 0.1) is 20.8 Å². The Balaban J connectivity index is 1.96. The molecule has 2 aromatic heterocycles. The van der Waals surface area contributed by atoms with Gasteiger partial charge >= 0.3 is 0 Å². The number of amides is 1.